The molecule has 4 heterocycles. The monoisotopic (exact) mass is 451 g/mol. The number of hydrogen-bond donors (Lipinski definition) is 0. The average molecular weight is 451 g/mol. The Balaban J connectivity index is 1.56. The van der Waals surface area contributed by atoms with E-state index in [9.17, 15) is 18.0 Å². The van der Waals surface area contributed by atoms with Gasteiger partial charge in [0.05, 0.1) is 5.56 Å². The molecule has 0 bridgehead atoms. The van der Waals surface area contributed by atoms with Gasteiger partial charge in [0.1, 0.15) is 0 Å². The number of benzene rings is 1. The lowest BCUT2D eigenvalue weighted by Gasteiger charge is -2.31. The number of hydrogen-bond acceptors (Lipinski definition) is 5. The molecule has 0 spiro atoms. The van der Waals surface area contributed by atoms with E-state index >= 15 is 0 Å². The van der Waals surface area contributed by atoms with E-state index in [0.717, 1.165) is 28.5 Å². The Morgan fingerprint density at radius 2 is 1.82 bits per heavy atom. The number of halogens is 3. The van der Waals surface area contributed by atoms with Crippen molar-refractivity contribution in [3.8, 4) is 11.1 Å². The summed E-state index contributed by atoms with van der Waals surface area (Å²) in [6.45, 7) is 4.89. The maximum absolute atomic E-state index is 13.5. The largest absolute Gasteiger partial charge is 0.417 e. The van der Waals surface area contributed by atoms with Gasteiger partial charge in [0, 0.05) is 60.4 Å². The third kappa shape index (κ3) is 3.63. The molecular formula is C24H20F3N5O. The molecule has 5 rings (SSSR count). The van der Waals surface area contributed by atoms with Crippen LogP contribution in [0.5, 0.6) is 0 Å². The smallest absolute Gasteiger partial charge is 0.350 e. The SMILES string of the molecule is Cc1c(N2CCc3ncc(-c4ccccc4C(F)(F)F)cc3C2)nn2c(=O)ccnc2c1C. The van der Waals surface area contributed by atoms with Crippen LogP contribution in [0, 0.1) is 13.8 Å². The van der Waals surface area contributed by atoms with Crippen LogP contribution < -0.4 is 10.5 Å². The second-order valence-electron chi connectivity index (χ2n) is 8.14. The highest BCUT2D eigenvalue weighted by atomic mass is 19.4. The Hall–Kier alpha value is -3.75. The van der Waals surface area contributed by atoms with Crippen LogP contribution in [0.15, 0.2) is 53.6 Å². The fourth-order valence-electron chi connectivity index (χ4n) is 4.30. The third-order valence-electron chi connectivity index (χ3n) is 6.13. The lowest BCUT2D eigenvalue weighted by atomic mass is 9.96. The quantitative estimate of drug-likeness (QED) is 0.454. The molecule has 0 saturated heterocycles. The summed E-state index contributed by atoms with van der Waals surface area (Å²) in [5.41, 5.74) is 3.53. The molecule has 0 unspecified atom stereocenters. The minimum absolute atomic E-state index is 0.103. The summed E-state index contributed by atoms with van der Waals surface area (Å²) in [6.07, 6.45) is -0.858. The van der Waals surface area contributed by atoms with Gasteiger partial charge in [0.25, 0.3) is 5.56 Å². The molecular weight excluding hydrogens is 431 g/mol. The molecule has 1 aromatic carbocycles. The second kappa shape index (κ2) is 7.68. The number of aromatic nitrogens is 4. The van der Waals surface area contributed by atoms with Crippen molar-refractivity contribution in [3.05, 3.63) is 87.1 Å². The van der Waals surface area contributed by atoms with Gasteiger partial charge in [-0.15, -0.1) is 5.10 Å². The zero-order valence-electron chi connectivity index (χ0n) is 18.0. The first-order valence-corrected chi connectivity index (χ1v) is 10.5. The topological polar surface area (TPSA) is 63.4 Å². The summed E-state index contributed by atoms with van der Waals surface area (Å²) in [4.78, 5) is 23.1. The first-order chi connectivity index (χ1) is 15.7. The molecule has 0 amide bonds. The summed E-state index contributed by atoms with van der Waals surface area (Å²) in [5, 5.41) is 4.56. The molecule has 4 aromatic rings. The van der Waals surface area contributed by atoms with Gasteiger partial charge < -0.3 is 4.90 Å². The summed E-state index contributed by atoms with van der Waals surface area (Å²) in [6, 6.07) is 8.65. The highest BCUT2D eigenvalue weighted by Crippen LogP contribution is 2.37. The van der Waals surface area contributed by atoms with Crippen LogP contribution in [0.25, 0.3) is 16.8 Å². The van der Waals surface area contributed by atoms with Crippen LogP contribution in [-0.2, 0) is 19.1 Å². The highest BCUT2D eigenvalue weighted by Gasteiger charge is 2.33. The second-order valence-corrected chi connectivity index (χ2v) is 8.14. The Morgan fingerprint density at radius 1 is 1.03 bits per heavy atom. The van der Waals surface area contributed by atoms with E-state index in [0.29, 0.717) is 36.5 Å². The van der Waals surface area contributed by atoms with Crippen molar-refractivity contribution in [2.45, 2.75) is 33.0 Å². The number of pyridine rings is 1. The fraction of sp³-hybridized carbons (Fsp3) is 0.250. The Kier molecular flexibility index (Phi) is 4.92. The van der Waals surface area contributed by atoms with Crippen LogP contribution in [0.4, 0.5) is 19.0 Å². The van der Waals surface area contributed by atoms with Gasteiger partial charge in [-0.25, -0.2) is 4.98 Å². The zero-order valence-corrected chi connectivity index (χ0v) is 18.0. The maximum atomic E-state index is 13.5. The number of alkyl halides is 3. The minimum Gasteiger partial charge on any atom is -0.350 e. The van der Waals surface area contributed by atoms with E-state index in [2.05, 4.69) is 15.1 Å². The lowest BCUT2D eigenvalue weighted by molar-refractivity contribution is -0.137. The van der Waals surface area contributed by atoms with Crippen LogP contribution in [0.1, 0.15) is 27.9 Å². The van der Waals surface area contributed by atoms with Crippen molar-refractivity contribution in [1.29, 1.82) is 0 Å². The number of fused-ring (bicyclic) bond motifs is 2. The molecule has 0 radical (unpaired) electrons. The Bertz CT molecular complexity index is 1440. The van der Waals surface area contributed by atoms with Crippen LogP contribution >= 0.6 is 0 Å². The highest BCUT2D eigenvalue weighted by molar-refractivity contribution is 5.69. The van der Waals surface area contributed by atoms with Crippen molar-refractivity contribution in [1.82, 2.24) is 19.6 Å². The van der Waals surface area contributed by atoms with E-state index < -0.39 is 11.7 Å². The molecule has 33 heavy (non-hydrogen) atoms. The molecule has 0 fully saturated rings. The Labute approximate surface area is 187 Å². The first kappa shape index (κ1) is 21.1. The van der Waals surface area contributed by atoms with Gasteiger partial charge in [-0.2, -0.15) is 17.7 Å². The molecule has 0 atom stereocenters. The number of anilines is 1. The van der Waals surface area contributed by atoms with Gasteiger partial charge in [-0.05, 0) is 37.1 Å². The molecule has 168 valence electrons. The molecule has 0 N–H and O–H groups in total. The minimum atomic E-state index is -4.45. The van der Waals surface area contributed by atoms with E-state index in [1.54, 1.807) is 12.1 Å². The standard InChI is InChI=1S/C24H20F3N5O/c1-14-15(2)23(30-32-21(33)7-9-28-22(14)32)31-10-8-20-17(13-31)11-16(12-29-20)18-5-3-4-6-19(18)24(25,26)27/h3-7,9,11-12H,8,10,13H2,1-2H3. The van der Waals surface area contributed by atoms with Crippen LogP contribution in [0.2, 0.25) is 0 Å². The predicted molar refractivity (Wildman–Crippen MR) is 118 cm³/mol. The predicted octanol–water partition coefficient (Wildman–Crippen LogP) is 4.35. The summed E-state index contributed by atoms with van der Waals surface area (Å²) in [5.74, 6) is 0.654. The van der Waals surface area contributed by atoms with Crippen molar-refractivity contribution < 1.29 is 13.2 Å². The molecule has 9 heteroatoms. The molecule has 3 aromatic heterocycles. The summed E-state index contributed by atoms with van der Waals surface area (Å²) >= 11 is 0. The van der Waals surface area contributed by atoms with E-state index in [1.165, 1.54) is 35.1 Å². The van der Waals surface area contributed by atoms with Gasteiger partial charge in [0.2, 0.25) is 0 Å². The molecule has 6 nitrogen and oxygen atoms in total. The van der Waals surface area contributed by atoms with E-state index in [4.69, 9.17) is 0 Å². The zero-order chi connectivity index (χ0) is 23.3. The molecule has 1 aliphatic rings. The summed E-state index contributed by atoms with van der Waals surface area (Å²) in [7, 11) is 0. The van der Waals surface area contributed by atoms with E-state index in [1.807, 2.05) is 18.7 Å². The number of rotatable bonds is 2. The van der Waals surface area contributed by atoms with Crippen molar-refractivity contribution in [2.75, 3.05) is 11.4 Å². The van der Waals surface area contributed by atoms with Gasteiger partial charge in [-0.1, -0.05) is 18.2 Å². The van der Waals surface area contributed by atoms with Crippen LogP contribution in [-0.4, -0.2) is 26.1 Å². The van der Waals surface area contributed by atoms with Crippen LogP contribution in [0.3, 0.4) is 0 Å². The molecule has 0 saturated carbocycles. The van der Waals surface area contributed by atoms with Crippen molar-refractivity contribution in [3.63, 3.8) is 0 Å². The Morgan fingerprint density at radius 3 is 2.61 bits per heavy atom. The van der Waals surface area contributed by atoms with Gasteiger partial charge >= 0.3 is 6.18 Å². The normalized spacial score (nSPS) is 13.9. The van der Waals surface area contributed by atoms with E-state index in [-0.39, 0.29) is 11.1 Å². The fourth-order valence-corrected chi connectivity index (χ4v) is 4.30. The first-order valence-electron chi connectivity index (χ1n) is 10.5. The van der Waals surface area contributed by atoms with Crippen molar-refractivity contribution >= 4 is 11.5 Å². The van der Waals surface area contributed by atoms with Crippen molar-refractivity contribution in [2.24, 2.45) is 0 Å². The number of nitrogens with zero attached hydrogens (tertiary/aromatic N) is 5. The molecule has 1 aliphatic heterocycles. The lowest BCUT2D eigenvalue weighted by Crippen LogP contribution is -2.33. The third-order valence-corrected chi connectivity index (χ3v) is 6.13. The maximum Gasteiger partial charge on any atom is 0.417 e. The summed E-state index contributed by atoms with van der Waals surface area (Å²) < 4.78 is 41.9. The van der Waals surface area contributed by atoms with Gasteiger partial charge in [-0.3, -0.25) is 9.78 Å². The molecule has 0 aliphatic carbocycles. The average Bonchev–Trinajstić information content (AvgIpc) is 2.80. The number of aryl methyl sites for hydroxylation is 1. The van der Waals surface area contributed by atoms with Gasteiger partial charge in [0.15, 0.2) is 11.5 Å².